The highest BCUT2D eigenvalue weighted by Gasteiger charge is 2.22. The summed E-state index contributed by atoms with van der Waals surface area (Å²) in [5.74, 6) is 0. The molecule has 0 N–H and O–H groups in total. The molecule has 0 aliphatic carbocycles. The Morgan fingerprint density at radius 1 is 1.19 bits per heavy atom. The van der Waals surface area contributed by atoms with Gasteiger partial charge in [-0.1, -0.05) is 25.2 Å². The molecular formula is C14H26OSi. The van der Waals surface area contributed by atoms with E-state index in [2.05, 4.69) is 46.3 Å². The van der Waals surface area contributed by atoms with Crippen molar-refractivity contribution in [3.8, 4) is 0 Å². The smallest absolute Gasteiger partial charge is 0.184 e. The van der Waals surface area contributed by atoms with Gasteiger partial charge in [0.25, 0.3) is 0 Å². The van der Waals surface area contributed by atoms with Crippen LogP contribution in [0.2, 0.25) is 19.6 Å². The van der Waals surface area contributed by atoms with Gasteiger partial charge in [-0.2, -0.15) is 0 Å². The Labute approximate surface area is 102 Å². The van der Waals surface area contributed by atoms with E-state index in [0.29, 0.717) is 0 Å². The molecule has 16 heavy (non-hydrogen) atoms. The minimum absolute atomic E-state index is 0.00403. The van der Waals surface area contributed by atoms with Crippen molar-refractivity contribution in [3.63, 3.8) is 0 Å². The SMILES string of the molecule is C=C[C@@H](CCC(C)(C=C)C=C)O[Si](C)(C)C. The molecular weight excluding hydrogens is 212 g/mol. The van der Waals surface area contributed by atoms with E-state index in [9.17, 15) is 0 Å². The van der Waals surface area contributed by atoms with Crippen LogP contribution in [-0.4, -0.2) is 14.4 Å². The highest BCUT2D eigenvalue weighted by Crippen LogP contribution is 2.27. The van der Waals surface area contributed by atoms with Crippen LogP contribution >= 0.6 is 0 Å². The minimum atomic E-state index is -1.48. The summed E-state index contributed by atoms with van der Waals surface area (Å²) in [6.07, 6.45) is 7.95. The van der Waals surface area contributed by atoms with Gasteiger partial charge in [-0.05, 0) is 32.5 Å². The standard InChI is InChI=1S/C14H26OSi/c1-8-13(15-16(5,6)7)11-12-14(4,9-2)10-3/h8-10,13H,1-3,11-12H2,4-7H3/t13-/m0/s1. The maximum atomic E-state index is 6.02. The van der Waals surface area contributed by atoms with E-state index in [1.807, 2.05) is 18.2 Å². The van der Waals surface area contributed by atoms with Gasteiger partial charge in [-0.15, -0.1) is 19.7 Å². The van der Waals surface area contributed by atoms with Crippen LogP contribution in [0.5, 0.6) is 0 Å². The quantitative estimate of drug-likeness (QED) is 0.445. The second-order valence-electron chi connectivity index (χ2n) is 5.46. The molecule has 0 bridgehead atoms. The van der Waals surface area contributed by atoms with Gasteiger partial charge in [0.1, 0.15) is 0 Å². The van der Waals surface area contributed by atoms with Gasteiger partial charge in [0, 0.05) is 5.41 Å². The number of hydrogen-bond donors (Lipinski definition) is 0. The highest BCUT2D eigenvalue weighted by molar-refractivity contribution is 6.69. The molecule has 0 saturated carbocycles. The Morgan fingerprint density at radius 2 is 1.69 bits per heavy atom. The molecule has 1 atom stereocenters. The second-order valence-corrected chi connectivity index (χ2v) is 9.92. The third-order valence-electron chi connectivity index (χ3n) is 2.67. The lowest BCUT2D eigenvalue weighted by Gasteiger charge is -2.27. The van der Waals surface area contributed by atoms with E-state index in [1.165, 1.54) is 0 Å². The fraction of sp³-hybridized carbons (Fsp3) is 0.571. The normalized spacial score (nSPS) is 14.2. The van der Waals surface area contributed by atoms with Crippen LogP contribution in [-0.2, 0) is 4.43 Å². The third-order valence-corrected chi connectivity index (χ3v) is 3.68. The van der Waals surface area contributed by atoms with Crippen LogP contribution in [0.1, 0.15) is 19.8 Å². The Hall–Kier alpha value is -0.603. The molecule has 1 nitrogen and oxygen atoms in total. The lowest BCUT2D eigenvalue weighted by molar-refractivity contribution is 0.216. The van der Waals surface area contributed by atoms with Gasteiger partial charge in [0.2, 0.25) is 0 Å². The van der Waals surface area contributed by atoms with Gasteiger partial charge in [-0.3, -0.25) is 0 Å². The topological polar surface area (TPSA) is 9.23 Å². The summed E-state index contributed by atoms with van der Waals surface area (Å²) in [6.45, 7) is 20.3. The summed E-state index contributed by atoms with van der Waals surface area (Å²) in [7, 11) is -1.48. The van der Waals surface area contributed by atoms with Crippen LogP contribution in [0.3, 0.4) is 0 Å². The molecule has 0 spiro atoms. The fourth-order valence-corrected chi connectivity index (χ4v) is 2.54. The summed E-state index contributed by atoms with van der Waals surface area (Å²) < 4.78 is 6.02. The highest BCUT2D eigenvalue weighted by atomic mass is 28.4. The molecule has 0 heterocycles. The lowest BCUT2D eigenvalue weighted by atomic mass is 9.85. The van der Waals surface area contributed by atoms with Crippen LogP contribution in [0.15, 0.2) is 38.0 Å². The van der Waals surface area contributed by atoms with E-state index < -0.39 is 8.32 Å². The van der Waals surface area contributed by atoms with Crippen molar-refractivity contribution in [1.82, 2.24) is 0 Å². The van der Waals surface area contributed by atoms with Crippen molar-refractivity contribution in [2.24, 2.45) is 5.41 Å². The molecule has 0 saturated heterocycles. The third kappa shape index (κ3) is 6.08. The van der Waals surface area contributed by atoms with Gasteiger partial charge in [-0.25, -0.2) is 0 Å². The van der Waals surface area contributed by atoms with Gasteiger partial charge in [0.05, 0.1) is 6.10 Å². The van der Waals surface area contributed by atoms with Gasteiger partial charge >= 0.3 is 0 Å². The van der Waals surface area contributed by atoms with Crippen molar-refractivity contribution in [2.75, 3.05) is 0 Å². The van der Waals surface area contributed by atoms with Crippen LogP contribution in [0, 0.1) is 5.41 Å². The Morgan fingerprint density at radius 3 is 2.00 bits per heavy atom. The maximum absolute atomic E-state index is 6.02. The molecule has 0 radical (unpaired) electrons. The number of rotatable bonds is 8. The van der Waals surface area contributed by atoms with Crippen molar-refractivity contribution in [2.45, 2.75) is 45.5 Å². The monoisotopic (exact) mass is 238 g/mol. The summed E-state index contributed by atoms with van der Waals surface area (Å²) >= 11 is 0. The van der Waals surface area contributed by atoms with Crippen LogP contribution in [0.25, 0.3) is 0 Å². The average Bonchev–Trinajstić information content (AvgIpc) is 2.22. The molecule has 0 unspecified atom stereocenters. The Bertz CT molecular complexity index is 242. The Balaban J connectivity index is 4.30. The predicted octanol–water partition coefficient (Wildman–Crippen LogP) is 4.55. The molecule has 0 aromatic rings. The van der Waals surface area contributed by atoms with Crippen molar-refractivity contribution in [3.05, 3.63) is 38.0 Å². The van der Waals surface area contributed by atoms with E-state index in [0.717, 1.165) is 12.8 Å². The largest absolute Gasteiger partial charge is 0.411 e. The Kier molecular flexibility index (Phi) is 5.98. The fourth-order valence-electron chi connectivity index (χ4n) is 1.42. The first-order chi connectivity index (χ1) is 7.26. The molecule has 0 fully saturated rings. The maximum Gasteiger partial charge on any atom is 0.184 e. The van der Waals surface area contributed by atoms with E-state index in [1.54, 1.807) is 0 Å². The summed E-state index contributed by atoms with van der Waals surface area (Å²) in [6, 6.07) is 0. The number of allylic oxidation sites excluding steroid dienone is 2. The van der Waals surface area contributed by atoms with E-state index in [-0.39, 0.29) is 11.5 Å². The lowest BCUT2D eigenvalue weighted by Crippen LogP contribution is -2.31. The molecule has 92 valence electrons. The molecule has 0 aromatic heterocycles. The van der Waals surface area contributed by atoms with Gasteiger partial charge in [0.15, 0.2) is 8.32 Å². The molecule has 0 amide bonds. The summed E-state index contributed by atoms with van der Waals surface area (Å²) in [5, 5.41) is 0. The second kappa shape index (κ2) is 6.21. The molecule has 2 heteroatoms. The zero-order chi connectivity index (χ0) is 12.8. The zero-order valence-electron chi connectivity index (χ0n) is 11.3. The first-order valence-corrected chi connectivity index (χ1v) is 9.25. The summed E-state index contributed by atoms with van der Waals surface area (Å²) in [4.78, 5) is 0. The van der Waals surface area contributed by atoms with Crippen molar-refractivity contribution >= 4 is 8.32 Å². The van der Waals surface area contributed by atoms with E-state index in [4.69, 9.17) is 4.43 Å². The minimum Gasteiger partial charge on any atom is -0.411 e. The summed E-state index contributed by atoms with van der Waals surface area (Å²) in [5.41, 5.74) is 0.00403. The first-order valence-electron chi connectivity index (χ1n) is 5.84. The molecule has 0 aromatic carbocycles. The molecule has 0 aliphatic heterocycles. The average molecular weight is 238 g/mol. The van der Waals surface area contributed by atoms with E-state index >= 15 is 0 Å². The van der Waals surface area contributed by atoms with Crippen molar-refractivity contribution in [1.29, 1.82) is 0 Å². The zero-order valence-corrected chi connectivity index (χ0v) is 12.3. The van der Waals surface area contributed by atoms with Crippen LogP contribution < -0.4 is 0 Å². The predicted molar refractivity (Wildman–Crippen MR) is 76.2 cm³/mol. The van der Waals surface area contributed by atoms with Crippen LogP contribution in [0.4, 0.5) is 0 Å². The number of hydrogen-bond acceptors (Lipinski definition) is 1. The molecule has 0 aliphatic rings. The first kappa shape index (κ1) is 15.4. The van der Waals surface area contributed by atoms with Crippen molar-refractivity contribution < 1.29 is 4.43 Å². The van der Waals surface area contributed by atoms with Gasteiger partial charge < -0.3 is 4.43 Å². The molecule has 0 rings (SSSR count).